The minimum atomic E-state index is 0.0417. The molecular weight excluding hydrogens is 272 g/mol. The predicted octanol–water partition coefficient (Wildman–Crippen LogP) is 3.36. The number of amides is 1. The predicted molar refractivity (Wildman–Crippen MR) is 83.7 cm³/mol. The van der Waals surface area contributed by atoms with Crippen molar-refractivity contribution in [2.45, 2.75) is 26.2 Å². The Hall–Kier alpha value is -1.49. The number of anilines is 1. The van der Waals surface area contributed by atoms with Gasteiger partial charge in [-0.2, -0.15) is 11.8 Å². The second-order valence-corrected chi connectivity index (χ2v) is 6.26. The summed E-state index contributed by atoms with van der Waals surface area (Å²) in [6.45, 7) is 1.71. The molecule has 1 fully saturated rings. The molecule has 0 aromatic heterocycles. The number of carbonyl (C=O) groups is 1. The molecule has 5 heteroatoms. The third-order valence-corrected chi connectivity index (χ3v) is 4.60. The van der Waals surface area contributed by atoms with Gasteiger partial charge in [0.2, 0.25) is 5.91 Å². The molecule has 0 saturated carbocycles. The van der Waals surface area contributed by atoms with Crippen molar-refractivity contribution in [1.29, 1.82) is 0 Å². The van der Waals surface area contributed by atoms with Crippen LogP contribution in [-0.2, 0) is 4.79 Å². The van der Waals surface area contributed by atoms with Crippen molar-refractivity contribution in [3.05, 3.63) is 29.8 Å². The van der Waals surface area contributed by atoms with Crippen molar-refractivity contribution in [3.8, 4) is 0 Å². The second-order valence-electron chi connectivity index (χ2n) is 5.04. The fourth-order valence-corrected chi connectivity index (χ4v) is 3.58. The van der Waals surface area contributed by atoms with E-state index in [0.717, 1.165) is 29.9 Å². The molecule has 0 spiro atoms. The molecule has 1 aliphatic rings. The van der Waals surface area contributed by atoms with Crippen molar-refractivity contribution >= 4 is 29.1 Å². The highest BCUT2D eigenvalue weighted by Crippen LogP contribution is 2.26. The van der Waals surface area contributed by atoms with Gasteiger partial charge in [0.15, 0.2) is 0 Å². The molecule has 2 N–H and O–H groups in total. The van der Waals surface area contributed by atoms with Crippen LogP contribution in [0.25, 0.3) is 0 Å². The van der Waals surface area contributed by atoms with E-state index in [2.05, 4.69) is 10.5 Å². The van der Waals surface area contributed by atoms with Crippen LogP contribution in [0.2, 0.25) is 0 Å². The number of para-hydroxylation sites is 1. The van der Waals surface area contributed by atoms with Crippen LogP contribution in [0.15, 0.2) is 29.4 Å². The Morgan fingerprint density at radius 3 is 2.80 bits per heavy atom. The number of carbonyl (C=O) groups excluding carboxylic acids is 1. The van der Waals surface area contributed by atoms with Crippen molar-refractivity contribution < 1.29 is 10.0 Å². The molecule has 0 unspecified atom stereocenters. The summed E-state index contributed by atoms with van der Waals surface area (Å²) in [4.78, 5) is 12.1. The Morgan fingerprint density at radius 1 is 1.40 bits per heavy atom. The Kier molecular flexibility index (Phi) is 5.47. The normalized spacial score (nSPS) is 16.9. The van der Waals surface area contributed by atoms with Gasteiger partial charge in [0.1, 0.15) is 0 Å². The molecule has 1 heterocycles. The first-order valence-electron chi connectivity index (χ1n) is 6.86. The zero-order valence-electron chi connectivity index (χ0n) is 11.6. The maximum atomic E-state index is 12.1. The SMILES string of the molecule is C/C(=N/O)c1ccccc1NC(=O)CC1CCSCC1. The lowest BCUT2D eigenvalue weighted by molar-refractivity contribution is -0.117. The van der Waals surface area contributed by atoms with Crippen LogP contribution >= 0.6 is 11.8 Å². The molecule has 1 aromatic carbocycles. The molecule has 1 amide bonds. The average molecular weight is 292 g/mol. The zero-order chi connectivity index (χ0) is 14.4. The highest BCUT2D eigenvalue weighted by Gasteiger charge is 2.18. The van der Waals surface area contributed by atoms with E-state index in [4.69, 9.17) is 5.21 Å². The molecule has 1 aromatic rings. The van der Waals surface area contributed by atoms with Crippen LogP contribution < -0.4 is 5.32 Å². The first-order valence-corrected chi connectivity index (χ1v) is 8.02. The number of benzene rings is 1. The van der Waals surface area contributed by atoms with Crippen LogP contribution in [0.3, 0.4) is 0 Å². The molecule has 0 atom stereocenters. The van der Waals surface area contributed by atoms with Crippen LogP contribution in [-0.4, -0.2) is 28.3 Å². The largest absolute Gasteiger partial charge is 0.411 e. The third kappa shape index (κ3) is 4.00. The third-order valence-electron chi connectivity index (χ3n) is 3.56. The number of oxime groups is 1. The van der Waals surface area contributed by atoms with E-state index in [1.165, 1.54) is 0 Å². The lowest BCUT2D eigenvalue weighted by Gasteiger charge is -2.21. The molecule has 108 valence electrons. The van der Waals surface area contributed by atoms with Crippen molar-refractivity contribution in [2.75, 3.05) is 16.8 Å². The van der Waals surface area contributed by atoms with Crippen molar-refractivity contribution in [1.82, 2.24) is 0 Å². The van der Waals surface area contributed by atoms with E-state index in [9.17, 15) is 4.79 Å². The Morgan fingerprint density at radius 2 is 2.10 bits per heavy atom. The summed E-state index contributed by atoms with van der Waals surface area (Å²) in [6.07, 6.45) is 2.82. The minimum absolute atomic E-state index is 0.0417. The highest BCUT2D eigenvalue weighted by molar-refractivity contribution is 7.99. The Labute approximate surface area is 123 Å². The quantitative estimate of drug-likeness (QED) is 0.508. The van der Waals surface area contributed by atoms with Crippen molar-refractivity contribution in [2.24, 2.45) is 11.1 Å². The molecule has 1 saturated heterocycles. The summed E-state index contributed by atoms with van der Waals surface area (Å²) < 4.78 is 0. The fraction of sp³-hybridized carbons (Fsp3) is 0.467. The van der Waals surface area contributed by atoms with Crippen LogP contribution in [0, 0.1) is 5.92 Å². The van der Waals surface area contributed by atoms with Gasteiger partial charge in [-0.25, -0.2) is 0 Å². The number of rotatable bonds is 4. The van der Waals surface area contributed by atoms with Gasteiger partial charge in [-0.15, -0.1) is 0 Å². The van der Waals surface area contributed by atoms with Gasteiger partial charge in [-0.1, -0.05) is 23.4 Å². The van der Waals surface area contributed by atoms with E-state index in [0.29, 0.717) is 23.7 Å². The molecular formula is C15H20N2O2S. The number of nitrogens with one attached hydrogen (secondary N) is 1. The van der Waals surface area contributed by atoms with Gasteiger partial charge in [-0.05, 0) is 43.3 Å². The molecule has 2 rings (SSSR count). The van der Waals surface area contributed by atoms with E-state index in [-0.39, 0.29) is 5.91 Å². The number of hydrogen-bond donors (Lipinski definition) is 2. The Bertz CT molecular complexity index is 496. The molecule has 0 bridgehead atoms. The average Bonchev–Trinajstić information content (AvgIpc) is 2.48. The minimum Gasteiger partial charge on any atom is -0.411 e. The van der Waals surface area contributed by atoms with E-state index < -0.39 is 0 Å². The lowest BCUT2D eigenvalue weighted by atomic mass is 9.98. The number of nitrogens with zero attached hydrogens (tertiary/aromatic N) is 1. The van der Waals surface area contributed by atoms with Gasteiger partial charge in [0, 0.05) is 17.7 Å². The summed E-state index contributed by atoms with van der Waals surface area (Å²) in [5.41, 5.74) is 1.95. The maximum absolute atomic E-state index is 12.1. The summed E-state index contributed by atoms with van der Waals surface area (Å²) >= 11 is 1.96. The van der Waals surface area contributed by atoms with Gasteiger partial charge >= 0.3 is 0 Å². The molecule has 20 heavy (non-hydrogen) atoms. The van der Waals surface area contributed by atoms with Gasteiger partial charge < -0.3 is 10.5 Å². The molecule has 4 nitrogen and oxygen atoms in total. The molecule has 0 radical (unpaired) electrons. The zero-order valence-corrected chi connectivity index (χ0v) is 12.4. The molecule has 0 aliphatic carbocycles. The smallest absolute Gasteiger partial charge is 0.224 e. The number of hydrogen-bond acceptors (Lipinski definition) is 4. The summed E-state index contributed by atoms with van der Waals surface area (Å²) in [5, 5.41) is 15.0. The first-order chi connectivity index (χ1) is 9.70. The highest BCUT2D eigenvalue weighted by atomic mass is 32.2. The van der Waals surface area contributed by atoms with E-state index in [1.807, 2.05) is 36.0 Å². The summed E-state index contributed by atoms with van der Waals surface area (Å²) in [6, 6.07) is 7.39. The Balaban J connectivity index is 2.00. The van der Waals surface area contributed by atoms with Crippen LogP contribution in [0.5, 0.6) is 0 Å². The fourth-order valence-electron chi connectivity index (χ4n) is 2.38. The topological polar surface area (TPSA) is 61.7 Å². The van der Waals surface area contributed by atoms with E-state index in [1.54, 1.807) is 6.92 Å². The standard InChI is InChI=1S/C15H20N2O2S/c1-11(17-19)13-4-2-3-5-14(13)16-15(18)10-12-6-8-20-9-7-12/h2-5,12,19H,6-10H2,1H3,(H,16,18)/b17-11-. The van der Waals surface area contributed by atoms with Crippen LogP contribution in [0.1, 0.15) is 31.7 Å². The van der Waals surface area contributed by atoms with Gasteiger partial charge in [0.25, 0.3) is 0 Å². The first kappa shape index (κ1) is 14.9. The van der Waals surface area contributed by atoms with Crippen molar-refractivity contribution in [3.63, 3.8) is 0 Å². The second kappa shape index (κ2) is 7.33. The van der Waals surface area contributed by atoms with Gasteiger partial charge in [-0.3, -0.25) is 4.79 Å². The number of thioether (sulfide) groups is 1. The van der Waals surface area contributed by atoms with Gasteiger partial charge in [0.05, 0.1) is 5.71 Å². The molecule has 1 aliphatic heterocycles. The van der Waals surface area contributed by atoms with Crippen LogP contribution in [0.4, 0.5) is 5.69 Å². The summed E-state index contributed by atoms with van der Waals surface area (Å²) in [5.74, 6) is 2.85. The lowest BCUT2D eigenvalue weighted by Crippen LogP contribution is -2.20. The monoisotopic (exact) mass is 292 g/mol. The van der Waals surface area contributed by atoms with E-state index >= 15 is 0 Å². The summed E-state index contributed by atoms with van der Waals surface area (Å²) in [7, 11) is 0. The maximum Gasteiger partial charge on any atom is 0.224 e.